The minimum Gasteiger partial charge on any atom is -0.462 e. The number of aromatic nitrogens is 2. The molecule has 0 spiro atoms. The molecule has 0 amide bonds. The summed E-state index contributed by atoms with van der Waals surface area (Å²) in [7, 11) is 0. The van der Waals surface area contributed by atoms with Gasteiger partial charge in [-0.05, 0) is 72.6 Å². The van der Waals surface area contributed by atoms with Crippen LogP contribution in [0.1, 0.15) is 63.9 Å². The molecule has 9 heteroatoms. The molecular formula is C20H33F3N4O2. The summed E-state index contributed by atoms with van der Waals surface area (Å²) in [5.74, 6) is 0.754. The van der Waals surface area contributed by atoms with Crippen LogP contribution in [0.15, 0.2) is 6.20 Å². The molecule has 166 valence electrons. The number of ether oxygens (including phenoxy) is 1. The van der Waals surface area contributed by atoms with Gasteiger partial charge in [-0.1, -0.05) is 0 Å². The van der Waals surface area contributed by atoms with Crippen molar-refractivity contribution >= 4 is 6.47 Å². The molecule has 6 nitrogen and oxygen atoms in total. The lowest BCUT2D eigenvalue weighted by Crippen LogP contribution is -2.29. The van der Waals surface area contributed by atoms with E-state index in [-0.39, 0.29) is 11.5 Å². The Morgan fingerprint density at radius 2 is 1.79 bits per heavy atom. The van der Waals surface area contributed by atoms with Gasteiger partial charge in [-0.25, -0.2) is 4.98 Å². The molecule has 29 heavy (non-hydrogen) atoms. The molecule has 0 saturated carbocycles. The molecule has 0 atom stereocenters. The summed E-state index contributed by atoms with van der Waals surface area (Å²) in [6.07, 6.45) is 0.946. The molecule has 2 aliphatic heterocycles. The van der Waals surface area contributed by atoms with Gasteiger partial charge >= 0.3 is 6.18 Å². The summed E-state index contributed by atoms with van der Waals surface area (Å²) < 4.78 is 45.3. The van der Waals surface area contributed by atoms with Crippen molar-refractivity contribution in [2.45, 2.75) is 70.7 Å². The summed E-state index contributed by atoms with van der Waals surface area (Å²) in [5.41, 5.74) is -1.07. The van der Waals surface area contributed by atoms with E-state index in [1.54, 1.807) is 4.57 Å². The summed E-state index contributed by atoms with van der Waals surface area (Å²) >= 11 is 0. The molecule has 3 heterocycles. The van der Waals surface area contributed by atoms with Crippen LogP contribution in [-0.2, 0) is 22.3 Å². The third-order valence-electron chi connectivity index (χ3n) is 5.06. The second-order valence-corrected chi connectivity index (χ2v) is 8.57. The lowest BCUT2D eigenvalue weighted by Gasteiger charge is -2.24. The molecule has 1 aromatic heterocycles. The van der Waals surface area contributed by atoms with Gasteiger partial charge in [-0.15, -0.1) is 0 Å². The van der Waals surface area contributed by atoms with E-state index in [1.165, 1.54) is 19.0 Å². The number of carbonyl (C=O) groups is 1. The van der Waals surface area contributed by atoms with Crippen LogP contribution in [0.4, 0.5) is 13.2 Å². The van der Waals surface area contributed by atoms with Crippen LogP contribution in [0.2, 0.25) is 0 Å². The minimum atomic E-state index is -4.36. The minimum absolute atomic E-state index is 0.135. The molecule has 2 fully saturated rings. The summed E-state index contributed by atoms with van der Waals surface area (Å²) in [5, 5.41) is 3.25. The second-order valence-electron chi connectivity index (χ2n) is 8.57. The highest BCUT2D eigenvalue weighted by Gasteiger charge is 2.36. The number of imidazole rings is 1. The number of likely N-dealkylation sites (tertiary alicyclic amines) is 1. The predicted molar refractivity (Wildman–Crippen MR) is 105 cm³/mol. The van der Waals surface area contributed by atoms with E-state index in [9.17, 15) is 18.0 Å². The first-order chi connectivity index (χ1) is 13.6. The molecular weight excluding hydrogens is 385 g/mol. The van der Waals surface area contributed by atoms with Crippen molar-refractivity contribution < 1.29 is 22.7 Å². The molecule has 1 N–H and O–H groups in total. The van der Waals surface area contributed by atoms with Crippen molar-refractivity contribution in [2.75, 3.05) is 32.7 Å². The van der Waals surface area contributed by atoms with Gasteiger partial charge in [0.25, 0.3) is 6.47 Å². The van der Waals surface area contributed by atoms with Crippen LogP contribution in [0.3, 0.4) is 0 Å². The second kappa shape index (κ2) is 10.4. The Hall–Kier alpha value is -1.61. The van der Waals surface area contributed by atoms with Gasteiger partial charge in [0.15, 0.2) is 5.69 Å². The number of rotatable bonds is 5. The lowest BCUT2D eigenvalue weighted by molar-refractivity contribution is -0.141. The smallest absolute Gasteiger partial charge is 0.434 e. The van der Waals surface area contributed by atoms with Crippen LogP contribution in [0.25, 0.3) is 0 Å². The highest BCUT2D eigenvalue weighted by molar-refractivity contribution is 5.37. The van der Waals surface area contributed by atoms with E-state index < -0.39 is 11.9 Å². The topological polar surface area (TPSA) is 59.4 Å². The van der Waals surface area contributed by atoms with Crippen molar-refractivity contribution in [1.29, 1.82) is 0 Å². The average molecular weight is 419 g/mol. The Bertz CT molecular complexity index is 629. The Morgan fingerprint density at radius 1 is 1.17 bits per heavy atom. The highest BCUT2D eigenvalue weighted by atomic mass is 19.4. The summed E-state index contributed by atoms with van der Waals surface area (Å²) in [6.45, 7) is 11.2. The van der Waals surface area contributed by atoms with Gasteiger partial charge in [-0.2, -0.15) is 13.2 Å². The van der Waals surface area contributed by atoms with Gasteiger partial charge in [-0.3, -0.25) is 4.79 Å². The summed E-state index contributed by atoms with van der Waals surface area (Å²) in [4.78, 5) is 15.9. The third kappa shape index (κ3) is 7.97. The van der Waals surface area contributed by atoms with Crippen LogP contribution < -0.4 is 5.32 Å². The van der Waals surface area contributed by atoms with Gasteiger partial charge in [0.1, 0.15) is 11.4 Å². The maximum Gasteiger partial charge on any atom is 0.434 e. The quantitative estimate of drug-likeness (QED) is 0.743. The van der Waals surface area contributed by atoms with Gasteiger partial charge in [0, 0.05) is 25.2 Å². The lowest BCUT2D eigenvalue weighted by atomic mass is 9.97. The number of nitrogens with one attached hydrogen (secondary N) is 1. The van der Waals surface area contributed by atoms with Crippen LogP contribution in [0.5, 0.6) is 0 Å². The van der Waals surface area contributed by atoms with E-state index in [2.05, 4.69) is 19.9 Å². The number of nitrogens with zero attached hydrogens (tertiary/aromatic N) is 3. The number of hydrogen-bond acceptors (Lipinski definition) is 5. The van der Waals surface area contributed by atoms with Crippen molar-refractivity contribution in [3.8, 4) is 0 Å². The Morgan fingerprint density at radius 3 is 2.28 bits per heavy atom. The van der Waals surface area contributed by atoms with Crippen LogP contribution >= 0.6 is 0 Å². The largest absolute Gasteiger partial charge is 0.462 e. The first kappa shape index (κ1) is 23.7. The highest BCUT2D eigenvalue weighted by Crippen LogP contribution is 2.32. The fourth-order valence-corrected chi connectivity index (χ4v) is 3.55. The number of halogens is 3. The first-order valence-corrected chi connectivity index (χ1v) is 10.3. The van der Waals surface area contributed by atoms with E-state index in [1.807, 2.05) is 20.8 Å². The van der Waals surface area contributed by atoms with E-state index >= 15 is 0 Å². The SMILES string of the molecule is CC(C)(C)OC=O.FC(F)(F)c1cn(CCN2CCCC2)c(C2CCNCC2)n1. The molecule has 0 unspecified atom stereocenters. The predicted octanol–water partition coefficient (Wildman–Crippen LogP) is 3.42. The first-order valence-electron chi connectivity index (χ1n) is 10.3. The molecule has 2 aliphatic rings. The number of piperidine rings is 1. The molecule has 0 aromatic carbocycles. The Kier molecular flexibility index (Phi) is 8.51. The Balaban J connectivity index is 0.000000370. The van der Waals surface area contributed by atoms with E-state index in [4.69, 9.17) is 0 Å². The standard InChI is InChI=1S/C15H23F3N4.C5H10O2/c16-15(17,18)13-11-22(10-9-21-7-1-2-8-21)14(20-13)12-3-5-19-6-4-12;1-5(2,3)7-4-6/h11-12,19H,1-10H2;4H,1-3H3. The molecule has 0 bridgehead atoms. The monoisotopic (exact) mass is 418 g/mol. The molecule has 3 rings (SSSR count). The number of alkyl halides is 3. The molecule has 0 aliphatic carbocycles. The molecule has 1 aromatic rings. The number of carbonyl (C=O) groups excluding carboxylic acids is 1. The van der Waals surface area contributed by atoms with E-state index in [0.717, 1.165) is 45.6 Å². The van der Waals surface area contributed by atoms with Crippen LogP contribution in [0, 0.1) is 0 Å². The molecule has 2 saturated heterocycles. The van der Waals surface area contributed by atoms with Gasteiger partial charge < -0.3 is 19.5 Å². The fraction of sp³-hybridized carbons (Fsp3) is 0.800. The van der Waals surface area contributed by atoms with E-state index in [0.29, 0.717) is 18.8 Å². The van der Waals surface area contributed by atoms with Crippen molar-refractivity contribution in [2.24, 2.45) is 0 Å². The normalized spacial score (nSPS) is 19.0. The van der Waals surface area contributed by atoms with Gasteiger partial charge in [0.2, 0.25) is 0 Å². The number of hydrogen-bond donors (Lipinski definition) is 1. The zero-order valence-corrected chi connectivity index (χ0v) is 17.6. The zero-order chi connectivity index (χ0) is 21.5. The third-order valence-corrected chi connectivity index (χ3v) is 5.06. The molecule has 0 radical (unpaired) electrons. The summed E-state index contributed by atoms with van der Waals surface area (Å²) in [6, 6.07) is 0. The van der Waals surface area contributed by atoms with Crippen molar-refractivity contribution in [3.05, 3.63) is 17.7 Å². The maximum atomic E-state index is 13.0. The van der Waals surface area contributed by atoms with Crippen molar-refractivity contribution in [3.63, 3.8) is 0 Å². The van der Waals surface area contributed by atoms with Crippen LogP contribution in [-0.4, -0.2) is 59.2 Å². The fourth-order valence-electron chi connectivity index (χ4n) is 3.55. The Labute approximate surface area is 170 Å². The van der Waals surface area contributed by atoms with Crippen molar-refractivity contribution in [1.82, 2.24) is 19.8 Å². The maximum absolute atomic E-state index is 13.0. The van der Waals surface area contributed by atoms with Gasteiger partial charge in [0.05, 0.1) is 0 Å². The average Bonchev–Trinajstić information content (AvgIpc) is 3.29. The zero-order valence-electron chi connectivity index (χ0n) is 17.6.